The minimum Gasteiger partial charge on any atom is -0.422 e. The summed E-state index contributed by atoms with van der Waals surface area (Å²) in [5, 5.41) is 0.375. The van der Waals surface area contributed by atoms with E-state index in [1.54, 1.807) is 41.3 Å². The predicted octanol–water partition coefficient (Wildman–Crippen LogP) is 2.69. The number of para-hydroxylation sites is 1. The minimum atomic E-state index is -4.16. The fourth-order valence-corrected chi connectivity index (χ4v) is 3.97. The number of carbonyl (C=O) groups excluding carboxylic acids is 1. The zero-order valence-corrected chi connectivity index (χ0v) is 14.9. The van der Waals surface area contributed by atoms with Gasteiger partial charge in [0.25, 0.3) is 0 Å². The van der Waals surface area contributed by atoms with Crippen molar-refractivity contribution in [3.63, 3.8) is 0 Å². The summed E-state index contributed by atoms with van der Waals surface area (Å²) in [5.41, 5.74) is 0.169. The number of fused-ring (bicyclic) bond motifs is 1. The molecule has 2 aromatic carbocycles. The van der Waals surface area contributed by atoms with Gasteiger partial charge < -0.3 is 13.5 Å². The molecule has 0 N–H and O–H groups in total. The molecule has 138 valence electrons. The van der Waals surface area contributed by atoms with Crippen LogP contribution in [0.2, 0.25) is 0 Å². The second-order valence-electron chi connectivity index (χ2n) is 6.11. The van der Waals surface area contributed by atoms with E-state index in [2.05, 4.69) is 0 Å². The first kappa shape index (κ1) is 17.3. The molecule has 1 aromatic heterocycles. The fourth-order valence-electron chi connectivity index (χ4n) is 3.03. The standard InChI is InChI=1S/C19H15NO6S/c21-18-6-3-11-20(18)13-7-9-14(10-8-13)27(23,24)26-17-12-19(22)25-16-5-2-1-4-15(16)17/h1-2,4-5,7-10,12H,3,6,11H2. The predicted molar refractivity (Wildman–Crippen MR) is 98.3 cm³/mol. The van der Waals surface area contributed by atoms with Gasteiger partial charge in [-0.25, -0.2) is 4.79 Å². The van der Waals surface area contributed by atoms with E-state index in [0.29, 0.717) is 24.0 Å². The van der Waals surface area contributed by atoms with Crippen molar-refractivity contribution in [3.05, 3.63) is 65.0 Å². The van der Waals surface area contributed by atoms with E-state index in [-0.39, 0.29) is 22.1 Å². The average Bonchev–Trinajstić information content (AvgIpc) is 3.07. The molecular weight excluding hydrogens is 370 g/mol. The van der Waals surface area contributed by atoms with Crippen LogP contribution in [0.25, 0.3) is 11.0 Å². The third kappa shape index (κ3) is 3.31. The fraction of sp³-hybridized carbons (Fsp3) is 0.158. The molecule has 0 saturated carbocycles. The lowest BCUT2D eigenvalue weighted by Gasteiger charge is -2.16. The Labute approximate surface area is 154 Å². The SMILES string of the molecule is O=C1CCCN1c1ccc(S(=O)(=O)Oc2cc(=O)oc3ccccc23)cc1. The number of rotatable bonds is 4. The minimum absolute atomic E-state index is 0.0179. The quantitative estimate of drug-likeness (QED) is 0.506. The zero-order chi connectivity index (χ0) is 19.0. The number of hydrogen-bond acceptors (Lipinski definition) is 6. The van der Waals surface area contributed by atoms with Crippen LogP contribution in [-0.4, -0.2) is 20.9 Å². The maximum Gasteiger partial charge on any atom is 0.340 e. The Morgan fingerprint density at radius 3 is 2.44 bits per heavy atom. The second-order valence-corrected chi connectivity index (χ2v) is 7.65. The number of nitrogens with zero attached hydrogens (tertiary/aromatic N) is 1. The zero-order valence-electron chi connectivity index (χ0n) is 14.1. The highest BCUT2D eigenvalue weighted by Crippen LogP contribution is 2.28. The molecule has 4 rings (SSSR count). The van der Waals surface area contributed by atoms with Crippen LogP contribution < -0.4 is 14.7 Å². The highest BCUT2D eigenvalue weighted by Gasteiger charge is 2.23. The van der Waals surface area contributed by atoms with Crippen molar-refractivity contribution in [1.29, 1.82) is 0 Å². The number of anilines is 1. The molecule has 7 nitrogen and oxygen atoms in total. The first-order valence-electron chi connectivity index (χ1n) is 8.32. The van der Waals surface area contributed by atoms with Crippen LogP contribution in [0.1, 0.15) is 12.8 Å². The maximum absolute atomic E-state index is 12.6. The molecule has 1 saturated heterocycles. The molecule has 0 unspecified atom stereocenters. The van der Waals surface area contributed by atoms with E-state index in [1.807, 2.05) is 0 Å². The van der Waals surface area contributed by atoms with E-state index < -0.39 is 15.7 Å². The van der Waals surface area contributed by atoms with Gasteiger partial charge >= 0.3 is 15.7 Å². The van der Waals surface area contributed by atoms with Crippen LogP contribution in [0.5, 0.6) is 5.75 Å². The first-order chi connectivity index (χ1) is 12.9. The summed E-state index contributed by atoms with van der Waals surface area (Å²) >= 11 is 0. The van der Waals surface area contributed by atoms with Gasteiger partial charge in [0.1, 0.15) is 10.5 Å². The molecule has 1 aliphatic heterocycles. The summed E-state index contributed by atoms with van der Waals surface area (Å²) in [4.78, 5) is 25.0. The van der Waals surface area contributed by atoms with Gasteiger partial charge in [0.05, 0.1) is 11.5 Å². The van der Waals surface area contributed by atoms with Crippen LogP contribution in [0.15, 0.2) is 68.7 Å². The average molecular weight is 385 g/mol. The Morgan fingerprint density at radius 1 is 1.00 bits per heavy atom. The summed E-state index contributed by atoms with van der Waals surface area (Å²) in [7, 11) is -4.16. The molecule has 0 radical (unpaired) electrons. The molecule has 8 heteroatoms. The smallest absolute Gasteiger partial charge is 0.340 e. The summed E-state index contributed by atoms with van der Waals surface area (Å²) in [5.74, 6) is -0.0787. The number of carbonyl (C=O) groups is 1. The van der Waals surface area contributed by atoms with E-state index in [4.69, 9.17) is 8.60 Å². The molecule has 1 amide bonds. The van der Waals surface area contributed by atoms with Crippen molar-refractivity contribution in [3.8, 4) is 5.75 Å². The lowest BCUT2D eigenvalue weighted by atomic mass is 10.2. The van der Waals surface area contributed by atoms with Crippen LogP contribution in [0, 0.1) is 0 Å². The van der Waals surface area contributed by atoms with Crippen LogP contribution in [0.3, 0.4) is 0 Å². The molecule has 0 bridgehead atoms. The first-order valence-corrected chi connectivity index (χ1v) is 9.73. The third-order valence-electron chi connectivity index (χ3n) is 4.32. The van der Waals surface area contributed by atoms with Crippen LogP contribution in [0.4, 0.5) is 5.69 Å². The van der Waals surface area contributed by atoms with Crippen molar-refractivity contribution in [2.45, 2.75) is 17.7 Å². The highest BCUT2D eigenvalue weighted by atomic mass is 32.2. The van der Waals surface area contributed by atoms with E-state index in [1.165, 1.54) is 12.1 Å². The molecule has 0 atom stereocenters. The molecule has 1 fully saturated rings. The summed E-state index contributed by atoms with van der Waals surface area (Å²) in [6.45, 7) is 0.618. The topological polar surface area (TPSA) is 93.9 Å². The normalized spacial score (nSPS) is 14.7. The summed E-state index contributed by atoms with van der Waals surface area (Å²) < 4.78 is 35.5. The van der Waals surface area contributed by atoms with Crippen LogP contribution in [-0.2, 0) is 14.9 Å². The third-order valence-corrected chi connectivity index (χ3v) is 5.57. The Kier molecular flexibility index (Phi) is 4.19. The van der Waals surface area contributed by atoms with Crippen molar-refractivity contribution in [2.24, 2.45) is 0 Å². The van der Waals surface area contributed by atoms with Gasteiger partial charge in [-0.2, -0.15) is 8.42 Å². The van der Waals surface area contributed by atoms with E-state index >= 15 is 0 Å². The molecule has 0 aliphatic carbocycles. The van der Waals surface area contributed by atoms with Crippen molar-refractivity contribution >= 4 is 32.7 Å². The molecule has 27 heavy (non-hydrogen) atoms. The lowest BCUT2D eigenvalue weighted by Crippen LogP contribution is -2.23. The Bertz CT molecular complexity index is 1180. The lowest BCUT2D eigenvalue weighted by molar-refractivity contribution is -0.117. The number of benzene rings is 2. The van der Waals surface area contributed by atoms with Crippen molar-refractivity contribution in [2.75, 3.05) is 11.4 Å². The molecule has 2 heterocycles. The van der Waals surface area contributed by atoms with Gasteiger partial charge in [0.15, 0.2) is 5.75 Å². The van der Waals surface area contributed by atoms with Gasteiger partial charge in [-0.3, -0.25) is 4.79 Å². The van der Waals surface area contributed by atoms with E-state index in [0.717, 1.165) is 12.5 Å². The molecule has 3 aromatic rings. The molecular formula is C19H15NO6S. The number of hydrogen-bond donors (Lipinski definition) is 0. The van der Waals surface area contributed by atoms with Gasteiger partial charge in [-0.05, 0) is 42.8 Å². The van der Waals surface area contributed by atoms with Gasteiger partial charge in [0, 0.05) is 18.7 Å². The van der Waals surface area contributed by atoms with Crippen molar-refractivity contribution in [1.82, 2.24) is 0 Å². The summed E-state index contributed by atoms with van der Waals surface area (Å²) in [6.07, 6.45) is 1.28. The summed E-state index contributed by atoms with van der Waals surface area (Å²) in [6, 6.07) is 13.4. The van der Waals surface area contributed by atoms with Crippen LogP contribution >= 0.6 is 0 Å². The maximum atomic E-state index is 12.6. The molecule has 1 aliphatic rings. The number of amides is 1. The van der Waals surface area contributed by atoms with Crippen molar-refractivity contribution < 1.29 is 21.8 Å². The van der Waals surface area contributed by atoms with Gasteiger partial charge in [0.2, 0.25) is 5.91 Å². The van der Waals surface area contributed by atoms with Gasteiger partial charge in [-0.15, -0.1) is 0 Å². The Balaban J connectivity index is 1.66. The van der Waals surface area contributed by atoms with E-state index in [9.17, 15) is 18.0 Å². The second kappa shape index (κ2) is 6.55. The Hall–Kier alpha value is -3.13. The monoisotopic (exact) mass is 385 g/mol. The molecule has 0 spiro atoms. The largest absolute Gasteiger partial charge is 0.422 e. The highest BCUT2D eigenvalue weighted by molar-refractivity contribution is 7.87. The Morgan fingerprint density at radius 2 is 1.74 bits per heavy atom. The van der Waals surface area contributed by atoms with Gasteiger partial charge in [-0.1, -0.05) is 12.1 Å².